The molecule has 3 N–H and O–H groups in total. The summed E-state index contributed by atoms with van der Waals surface area (Å²) in [4.78, 5) is 12.0. The maximum atomic E-state index is 12.0. The smallest absolute Gasteiger partial charge is 0.427 e. The summed E-state index contributed by atoms with van der Waals surface area (Å²) in [5.41, 5.74) is 1.74. The number of nitrogens with one attached hydrogen (secondary N) is 1. The Hall–Kier alpha value is -2.11. The van der Waals surface area contributed by atoms with Crippen LogP contribution in [0.2, 0.25) is 0 Å². The third kappa shape index (κ3) is 4.74. The lowest BCUT2D eigenvalue weighted by Gasteiger charge is -2.16. The second kappa shape index (κ2) is 7.62. The van der Waals surface area contributed by atoms with E-state index in [4.69, 9.17) is 0 Å². The molecule has 1 unspecified atom stereocenters. The molecular formula is C16H18BNO3. The molecule has 0 saturated carbocycles. The molecule has 0 radical (unpaired) electrons. The summed E-state index contributed by atoms with van der Waals surface area (Å²) in [7, 11) is -1.56. The topological polar surface area (TPSA) is 69.6 Å². The van der Waals surface area contributed by atoms with Crippen molar-refractivity contribution in [2.24, 2.45) is 0 Å². The van der Waals surface area contributed by atoms with Crippen molar-refractivity contribution in [2.75, 3.05) is 0 Å². The highest BCUT2D eigenvalue weighted by molar-refractivity contribution is 6.43. The Morgan fingerprint density at radius 1 is 1.00 bits per heavy atom. The Kier molecular flexibility index (Phi) is 5.55. The lowest BCUT2D eigenvalue weighted by atomic mass is 9.67. The van der Waals surface area contributed by atoms with Gasteiger partial charge in [0.05, 0.1) is 0 Å². The van der Waals surface area contributed by atoms with Crippen molar-refractivity contribution >= 4 is 13.0 Å². The molecule has 0 fully saturated rings. The maximum Gasteiger partial charge on any atom is 0.459 e. The molecule has 2 aromatic rings. The molecule has 0 spiro atoms. The van der Waals surface area contributed by atoms with Gasteiger partial charge in [-0.25, -0.2) is 0 Å². The average molecular weight is 283 g/mol. The molecule has 1 atom stereocenters. The summed E-state index contributed by atoms with van der Waals surface area (Å²) >= 11 is 0. The summed E-state index contributed by atoms with van der Waals surface area (Å²) in [6.07, 6.45) is 0.0362. The van der Waals surface area contributed by atoms with E-state index in [2.05, 4.69) is 5.32 Å². The first kappa shape index (κ1) is 15.3. The van der Waals surface area contributed by atoms with Crippen LogP contribution in [-0.2, 0) is 11.3 Å². The van der Waals surface area contributed by atoms with Gasteiger partial charge in [0.1, 0.15) is 0 Å². The minimum Gasteiger partial charge on any atom is -0.427 e. The number of carbonyl (C=O) groups is 1. The van der Waals surface area contributed by atoms with Gasteiger partial charge in [-0.05, 0) is 11.1 Å². The van der Waals surface area contributed by atoms with Crippen LogP contribution in [0.5, 0.6) is 0 Å². The minimum absolute atomic E-state index is 0.0362. The molecule has 2 aromatic carbocycles. The fourth-order valence-electron chi connectivity index (χ4n) is 2.16. The van der Waals surface area contributed by atoms with Gasteiger partial charge in [0, 0.05) is 18.8 Å². The molecule has 1 amide bonds. The Labute approximate surface area is 124 Å². The zero-order chi connectivity index (χ0) is 15.1. The summed E-state index contributed by atoms with van der Waals surface area (Å²) in [6.45, 7) is 0.433. The van der Waals surface area contributed by atoms with E-state index in [9.17, 15) is 14.8 Å². The summed E-state index contributed by atoms with van der Waals surface area (Å²) in [5.74, 6) is -0.831. The molecule has 0 bridgehead atoms. The molecule has 108 valence electrons. The highest BCUT2D eigenvalue weighted by Gasteiger charge is 2.27. The van der Waals surface area contributed by atoms with Crippen LogP contribution in [0, 0.1) is 0 Å². The summed E-state index contributed by atoms with van der Waals surface area (Å²) in [6, 6.07) is 18.6. The van der Waals surface area contributed by atoms with Crippen LogP contribution in [-0.4, -0.2) is 23.1 Å². The second-order valence-corrected chi connectivity index (χ2v) is 4.90. The largest absolute Gasteiger partial charge is 0.459 e. The average Bonchev–Trinajstić information content (AvgIpc) is 2.52. The minimum atomic E-state index is -1.56. The molecule has 0 aromatic heterocycles. The number of amides is 1. The molecule has 5 heteroatoms. The van der Waals surface area contributed by atoms with Crippen molar-refractivity contribution in [3.05, 3.63) is 71.8 Å². The Balaban J connectivity index is 1.93. The normalized spacial score (nSPS) is 11.7. The zero-order valence-electron chi connectivity index (χ0n) is 11.6. The third-order valence-electron chi connectivity index (χ3n) is 3.33. The van der Waals surface area contributed by atoms with Gasteiger partial charge in [-0.15, -0.1) is 0 Å². The number of rotatable bonds is 6. The SMILES string of the molecule is O=C(CC(B(O)O)c1ccccc1)NCc1ccccc1. The highest BCUT2D eigenvalue weighted by atomic mass is 16.4. The Morgan fingerprint density at radius 2 is 1.57 bits per heavy atom. The Morgan fingerprint density at radius 3 is 2.14 bits per heavy atom. The van der Waals surface area contributed by atoms with Crippen LogP contribution in [0.3, 0.4) is 0 Å². The van der Waals surface area contributed by atoms with E-state index >= 15 is 0 Å². The van der Waals surface area contributed by atoms with E-state index in [1.165, 1.54) is 0 Å². The predicted molar refractivity (Wildman–Crippen MR) is 82.3 cm³/mol. The van der Waals surface area contributed by atoms with Crippen molar-refractivity contribution in [3.63, 3.8) is 0 Å². The van der Waals surface area contributed by atoms with E-state index in [-0.39, 0.29) is 12.3 Å². The molecule has 0 aliphatic heterocycles. The van der Waals surface area contributed by atoms with Crippen LogP contribution < -0.4 is 5.32 Å². The van der Waals surface area contributed by atoms with Crippen LogP contribution in [0.4, 0.5) is 0 Å². The standard InChI is InChI=1S/C16H18BNO3/c19-16(18-12-13-7-3-1-4-8-13)11-15(17(20)21)14-9-5-2-6-10-14/h1-10,15,20-21H,11-12H2,(H,18,19). The second-order valence-electron chi connectivity index (χ2n) is 4.90. The number of hydrogen-bond donors (Lipinski definition) is 3. The van der Waals surface area contributed by atoms with Crippen LogP contribution >= 0.6 is 0 Å². The third-order valence-corrected chi connectivity index (χ3v) is 3.33. The van der Waals surface area contributed by atoms with Crippen molar-refractivity contribution in [3.8, 4) is 0 Å². The van der Waals surface area contributed by atoms with E-state index in [1.54, 1.807) is 12.1 Å². The molecule has 0 saturated heterocycles. The zero-order valence-corrected chi connectivity index (χ0v) is 11.6. The number of benzene rings is 2. The number of carbonyl (C=O) groups excluding carboxylic acids is 1. The van der Waals surface area contributed by atoms with E-state index in [0.717, 1.165) is 11.1 Å². The van der Waals surface area contributed by atoms with Gasteiger partial charge < -0.3 is 15.4 Å². The van der Waals surface area contributed by atoms with Gasteiger partial charge in [-0.3, -0.25) is 4.79 Å². The highest BCUT2D eigenvalue weighted by Crippen LogP contribution is 2.20. The van der Waals surface area contributed by atoms with Crippen molar-refractivity contribution < 1.29 is 14.8 Å². The molecule has 0 aliphatic rings. The van der Waals surface area contributed by atoms with Gasteiger partial charge in [0.15, 0.2) is 0 Å². The van der Waals surface area contributed by atoms with Gasteiger partial charge >= 0.3 is 7.12 Å². The molecule has 21 heavy (non-hydrogen) atoms. The predicted octanol–water partition coefficient (Wildman–Crippen LogP) is 1.49. The van der Waals surface area contributed by atoms with Crippen molar-refractivity contribution in [2.45, 2.75) is 18.8 Å². The van der Waals surface area contributed by atoms with E-state index in [0.29, 0.717) is 6.54 Å². The lowest BCUT2D eigenvalue weighted by molar-refractivity contribution is -0.121. The molecule has 4 nitrogen and oxygen atoms in total. The lowest BCUT2D eigenvalue weighted by Crippen LogP contribution is -2.31. The van der Waals surface area contributed by atoms with Gasteiger partial charge in [-0.2, -0.15) is 0 Å². The maximum absolute atomic E-state index is 12.0. The van der Waals surface area contributed by atoms with Crippen molar-refractivity contribution in [1.29, 1.82) is 0 Å². The number of hydrogen-bond acceptors (Lipinski definition) is 3. The molecule has 0 aliphatic carbocycles. The quantitative estimate of drug-likeness (QED) is 0.703. The fraction of sp³-hybridized carbons (Fsp3) is 0.188. The molecule has 2 rings (SSSR count). The summed E-state index contributed by atoms with van der Waals surface area (Å²) in [5, 5.41) is 21.7. The van der Waals surface area contributed by atoms with Gasteiger partial charge in [0.2, 0.25) is 5.91 Å². The molecular weight excluding hydrogens is 265 g/mol. The van der Waals surface area contributed by atoms with Crippen LogP contribution in [0.15, 0.2) is 60.7 Å². The molecule has 0 heterocycles. The fourth-order valence-corrected chi connectivity index (χ4v) is 2.16. The van der Waals surface area contributed by atoms with Crippen LogP contribution in [0.1, 0.15) is 23.4 Å². The Bertz CT molecular complexity index is 560. The van der Waals surface area contributed by atoms with E-state index in [1.807, 2.05) is 48.5 Å². The van der Waals surface area contributed by atoms with Crippen LogP contribution in [0.25, 0.3) is 0 Å². The van der Waals surface area contributed by atoms with Gasteiger partial charge in [0.25, 0.3) is 0 Å². The monoisotopic (exact) mass is 283 g/mol. The summed E-state index contributed by atoms with van der Waals surface area (Å²) < 4.78 is 0. The first-order chi connectivity index (χ1) is 10.2. The van der Waals surface area contributed by atoms with E-state index < -0.39 is 12.9 Å². The first-order valence-corrected chi connectivity index (χ1v) is 6.88. The van der Waals surface area contributed by atoms with Crippen molar-refractivity contribution in [1.82, 2.24) is 5.32 Å². The first-order valence-electron chi connectivity index (χ1n) is 6.88. The van der Waals surface area contributed by atoms with Gasteiger partial charge in [-0.1, -0.05) is 60.7 Å².